The Morgan fingerprint density at radius 2 is 0.828 bits per heavy atom. The van der Waals surface area contributed by atoms with E-state index in [9.17, 15) is 0 Å². The van der Waals surface area contributed by atoms with Gasteiger partial charge in [0.2, 0.25) is 0 Å². The number of hydrogen-bond donors (Lipinski definition) is 0. The van der Waals surface area contributed by atoms with Gasteiger partial charge >= 0.3 is 0 Å². The van der Waals surface area contributed by atoms with Crippen LogP contribution in [0.15, 0.2) is 153 Å². The van der Waals surface area contributed by atoms with Gasteiger partial charge in [-0.2, -0.15) is 0 Å². The van der Waals surface area contributed by atoms with Crippen molar-refractivity contribution in [3.05, 3.63) is 145 Å². The highest BCUT2D eigenvalue weighted by Crippen LogP contribution is 2.45. The first-order valence-electron chi connectivity index (χ1n) is 19.9. The molecule has 0 bridgehead atoms. The highest BCUT2D eigenvalue weighted by molar-refractivity contribution is 8.01. The van der Waals surface area contributed by atoms with E-state index < -0.39 is 0 Å². The smallest absolute Gasteiger partial charge is 0.253 e. The summed E-state index contributed by atoms with van der Waals surface area (Å²) in [5.41, 5.74) is 9.81. The SMILES string of the molecule is CC(C)(C)c1ccc2c(c1)Oc1cc(Oc3ccccc3)cc3c1B2c1cc2c(cc1S3)Sc1cc(Oc3ccccc3)cc3c1B2c1ccc(C(C)(C)C)cc1O3. The fourth-order valence-corrected chi connectivity index (χ4v) is 11.2. The third-order valence-corrected chi connectivity index (χ3v) is 14.0. The van der Waals surface area contributed by atoms with Crippen molar-refractivity contribution in [2.24, 2.45) is 0 Å². The Bertz CT molecular complexity index is 2640. The van der Waals surface area contributed by atoms with Gasteiger partial charge in [0.25, 0.3) is 13.4 Å². The molecular weight excluding hydrogens is 750 g/mol. The van der Waals surface area contributed by atoms with E-state index in [4.69, 9.17) is 18.9 Å². The van der Waals surface area contributed by atoms with Gasteiger partial charge in [-0.05, 0) is 98.4 Å². The molecule has 4 aliphatic heterocycles. The molecule has 0 aromatic heterocycles. The summed E-state index contributed by atoms with van der Waals surface area (Å²) in [5, 5.41) is 0. The highest BCUT2D eigenvalue weighted by atomic mass is 32.2. The van der Waals surface area contributed by atoms with Crippen LogP contribution < -0.4 is 51.7 Å². The zero-order valence-corrected chi connectivity index (χ0v) is 34.9. The molecule has 0 radical (unpaired) electrons. The van der Waals surface area contributed by atoms with Crippen molar-refractivity contribution in [2.75, 3.05) is 0 Å². The summed E-state index contributed by atoms with van der Waals surface area (Å²) in [5.74, 6) is 6.62. The molecule has 58 heavy (non-hydrogen) atoms. The van der Waals surface area contributed by atoms with Gasteiger partial charge in [0.1, 0.15) is 46.0 Å². The fourth-order valence-electron chi connectivity index (χ4n) is 8.74. The topological polar surface area (TPSA) is 36.9 Å². The standard InChI is InChI=1S/C50H40B2O4S2/c1-49(2,3)29-17-19-35-39(21-29)55-41-23-33(53-31-13-9-7-10-14-31)25-45-47(41)51(35)37-27-38-44(28-43(37)57-45)58-46-26-34(54-32-15-11-8-12-16-32)24-42-48(46)52(38)36-20-18-30(50(4,5)6)22-40(36)56-42/h7-28H,1-6H3. The summed E-state index contributed by atoms with van der Waals surface area (Å²) in [6.07, 6.45) is 0. The third kappa shape index (κ3) is 5.95. The Hall–Kier alpha value is -5.43. The van der Waals surface area contributed by atoms with E-state index in [1.165, 1.54) is 53.7 Å². The highest BCUT2D eigenvalue weighted by Gasteiger charge is 2.44. The van der Waals surface area contributed by atoms with Crippen molar-refractivity contribution in [3.63, 3.8) is 0 Å². The lowest BCUT2D eigenvalue weighted by Crippen LogP contribution is -2.62. The van der Waals surface area contributed by atoms with Crippen LogP contribution in [0.5, 0.6) is 46.0 Å². The van der Waals surface area contributed by atoms with E-state index in [0.29, 0.717) is 0 Å². The van der Waals surface area contributed by atoms with Gasteiger partial charge in [0.05, 0.1) is 0 Å². The first-order valence-corrected chi connectivity index (χ1v) is 21.6. The molecule has 0 atom stereocenters. The second kappa shape index (κ2) is 13.0. The van der Waals surface area contributed by atoms with Gasteiger partial charge in [-0.1, -0.05) is 143 Å². The van der Waals surface area contributed by atoms with Crippen molar-refractivity contribution in [1.29, 1.82) is 0 Å². The summed E-state index contributed by atoms with van der Waals surface area (Å²) in [6, 6.07) is 47.1. The average Bonchev–Trinajstić information content (AvgIpc) is 3.19. The van der Waals surface area contributed by atoms with Crippen molar-refractivity contribution in [3.8, 4) is 46.0 Å². The summed E-state index contributed by atoms with van der Waals surface area (Å²) in [6.45, 7) is 13.5. The molecule has 4 heterocycles. The average molecular weight is 791 g/mol. The monoisotopic (exact) mass is 790 g/mol. The lowest BCUT2D eigenvalue weighted by molar-refractivity contribution is 0.459. The van der Waals surface area contributed by atoms with Gasteiger partial charge < -0.3 is 18.9 Å². The number of para-hydroxylation sites is 2. The van der Waals surface area contributed by atoms with Crippen LogP contribution in [-0.4, -0.2) is 13.4 Å². The minimum Gasteiger partial charge on any atom is -0.458 e. The minimum absolute atomic E-state index is 0.00909. The maximum atomic E-state index is 6.89. The molecule has 4 aliphatic rings. The van der Waals surface area contributed by atoms with E-state index >= 15 is 0 Å². The molecule has 0 unspecified atom stereocenters. The Labute approximate surface area is 349 Å². The van der Waals surface area contributed by atoms with Crippen LogP contribution in [0.2, 0.25) is 0 Å². The minimum atomic E-state index is -0.0287. The summed E-state index contributed by atoms with van der Waals surface area (Å²) in [7, 11) is 0. The molecular formula is C50H40B2O4S2. The summed E-state index contributed by atoms with van der Waals surface area (Å²) >= 11 is 3.62. The van der Waals surface area contributed by atoms with Crippen molar-refractivity contribution >= 4 is 69.7 Å². The molecule has 282 valence electrons. The number of hydrogen-bond acceptors (Lipinski definition) is 6. The number of benzene rings is 7. The van der Waals surface area contributed by atoms with E-state index in [-0.39, 0.29) is 24.3 Å². The Balaban J connectivity index is 1.10. The van der Waals surface area contributed by atoms with Crippen LogP contribution in [-0.2, 0) is 10.8 Å². The zero-order valence-electron chi connectivity index (χ0n) is 33.3. The lowest BCUT2D eigenvalue weighted by Gasteiger charge is -2.37. The van der Waals surface area contributed by atoms with E-state index in [1.807, 2.05) is 84.2 Å². The predicted molar refractivity (Wildman–Crippen MR) is 240 cm³/mol. The largest absolute Gasteiger partial charge is 0.458 e. The number of ether oxygens (including phenoxy) is 4. The Morgan fingerprint density at radius 1 is 0.397 bits per heavy atom. The van der Waals surface area contributed by atoms with Gasteiger partial charge in [-0.3, -0.25) is 0 Å². The predicted octanol–water partition coefficient (Wildman–Crippen LogP) is 10.0. The molecule has 8 heteroatoms. The van der Waals surface area contributed by atoms with Gasteiger partial charge in [0.15, 0.2) is 0 Å². The molecule has 0 saturated carbocycles. The van der Waals surface area contributed by atoms with Crippen LogP contribution in [0, 0.1) is 0 Å². The van der Waals surface area contributed by atoms with Crippen LogP contribution in [0.3, 0.4) is 0 Å². The summed E-state index contributed by atoms with van der Waals surface area (Å²) < 4.78 is 26.7. The van der Waals surface area contributed by atoms with Crippen molar-refractivity contribution in [1.82, 2.24) is 0 Å². The molecule has 0 amide bonds. The Morgan fingerprint density at radius 3 is 1.24 bits per heavy atom. The lowest BCUT2D eigenvalue weighted by atomic mass is 9.32. The number of rotatable bonds is 4. The second-order valence-corrected chi connectivity index (χ2v) is 19.9. The Kier molecular flexibility index (Phi) is 8.03. The molecule has 0 saturated heterocycles. The van der Waals surface area contributed by atoms with Gasteiger partial charge in [-0.25, -0.2) is 0 Å². The molecule has 0 N–H and O–H groups in total. The maximum absolute atomic E-state index is 6.89. The van der Waals surface area contributed by atoms with Crippen molar-refractivity contribution in [2.45, 2.75) is 72.0 Å². The van der Waals surface area contributed by atoms with E-state index in [0.717, 1.165) is 55.8 Å². The number of fused-ring (bicyclic) bond motifs is 8. The fraction of sp³-hybridized carbons (Fsp3) is 0.160. The first-order chi connectivity index (χ1) is 27.9. The quantitative estimate of drug-likeness (QED) is 0.165. The molecule has 7 aromatic rings. The van der Waals surface area contributed by atoms with Gasteiger partial charge in [0, 0.05) is 31.7 Å². The van der Waals surface area contributed by atoms with Crippen LogP contribution in [0.4, 0.5) is 0 Å². The van der Waals surface area contributed by atoms with Crippen molar-refractivity contribution < 1.29 is 18.9 Å². The van der Waals surface area contributed by atoms with E-state index in [2.05, 4.69) is 114 Å². The second-order valence-electron chi connectivity index (χ2n) is 17.7. The molecule has 0 aliphatic carbocycles. The van der Waals surface area contributed by atoms with Crippen LogP contribution in [0.1, 0.15) is 52.7 Å². The molecule has 7 aromatic carbocycles. The zero-order chi connectivity index (χ0) is 39.5. The first kappa shape index (κ1) is 35.7. The third-order valence-electron chi connectivity index (χ3n) is 11.7. The normalized spacial score (nSPS) is 14.1. The molecule has 0 spiro atoms. The van der Waals surface area contributed by atoms with Gasteiger partial charge in [-0.15, -0.1) is 0 Å². The van der Waals surface area contributed by atoms with Crippen LogP contribution >= 0.6 is 23.5 Å². The molecule has 0 fully saturated rings. The van der Waals surface area contributed by atoms with E-state index in [1.54, 1.807) is 0 Å². The molecule has 11 rings (SSSR count). The van der Waals surface area contributed by atoms with Crippen LogP contribution in [0.25, 0.3) is 0 Å². The molecule has 4 nitrogen and oxygen atoms in total. The summed E-state index contributed by atoms with van der Waals surface area (Å²) in [4.78, 5) is 4.80. The maximum Gasteiger partial charge on any atom is 0.253 e.